The van der Waals surface area contributed by atoms with E-state index in [1.54, 1.807) is 0 Å². The average molecular weight is 252 g/mol. The summed E-state index contributed by atoms with van der Waals surface area (Å²) in [4.78, 5) is 4.58. The largest absolute Gasteiger partial charge is 0.436 e. The fraction of sp³-hybridized carbons (Fsp3) is 0.188. The number of rotatable bonds is 3. The number of hydrogen-bond acceptors (Lipinski definition) is 3. The van der Waals surface area contributed by atoms with Gasteiger partial charge in [0.05, 0.1) is 0 Å². The summed E-state index contributed by atoms with van der Waals surface area (Å²) in [5.41, 5.74) is 4.95. The zero-order valence-corrected chi connectivity index (χ0v) is 11.1. The molecule has 0 aliphatic carbocycles. The second kappa shape index (κ2) is 4.76. The number of hydrogen-bond donors (Lipinski definition) is 1. The van der Waals surface area contributed by atoms with Crippen LogP contribution in [0.15, 0.2) is 46.9 Å². The zero-order chi connectivity index (χ0) is 13.2. The van der Waals surface area contributed by atoms with E-state index in [9.17, 15) is 0 Å². The number of oxazole rings is 1. The number of nitrogens with one attached hydrogen (secondary N) is 1. The third-order valence-electron chi connectivity index (χ3n) is 3.08. The Morgan fingerprint density at radius 1 is 1.16 bits per heavy atom. The van der Waals surface area contributed by atoms with Crippen LogP contribution in [0.25, 0.3) is 22.6 Å². The van der Waals surface area contributed by atoms with E-state index in [-0.39, 0.29) is 0 Å². The summed E-state index contributed by atoms with van der Waals surface area (Å²) >= 11 is 0. The fourth-order valence-electron chi connectivity index (χ4n) is 2.21. The van der Waals surface area contributed by atoms with Crippen LogP contribution in [-0.2, 0) is 0 Å². The minimum absolute atomic E-state index is 0.673. The number of aryl methyl sites for hydroxylation is 1. The minimum atomic E-state index is 0.673. The van der Waals surface area contributed by atoms with Crippen LogP contribution in [0, 0.1) is 6.92 Å². The minimum Gasteiger partial charge on any atom is -0.436 e. The van der Waals surface area contributed by atoms with Crippen molar-refractivity contribution >= 4 is 16.8 Å². The normalized spacial score (nSPS) is 10.8. The number of aromatic nitrogens is 1. The monoisotopic (exact) mass is 252 g/mol. The van der Waals surface area contributed by atoms with Gasteiger partial charge in [-0.15, -0.1) is 0 Å². The second-order valence-electron chi connectivity index (χ2n) is 4.56. The molecule has 1 N–H and O–H groups in total. The molecule has 0 aliphatic rings. The molecular weight excluding hydrogens is 236 g/mol. The Labute approximate surface area is 112 Å². The molecule has 1 aromatic heterocycles. The van der Waals surface area contributed by atoms with Crippen molar-refractivity contribution in [2.75, 3.05) is 11.9 Å². The molecule has 0 saturated heterocycles. The molecule has 0 aliphatic heterocycles. The molecule has 1 heterocycles. The summed E-state index contributed by atoms with van der Waals surface area (Å²) in [6.07, 6.45) is 0. The van der Waals surface area contributed by atoms with Crippen LogP contribution in [-0.4, -0.2) is 11.5 Å². The van der Waals surface area contributed by atoms with Crippen LogP contribution in [0.3, 0.4) is 0 Å². The molecule has 3 aromatic rings. The van der Waals surface area contributed by atoms with Gasteiger partial charge in [0.25, 0.3) is 0 Å². The molecule has 0 saturated carbocycles. The number of benzene rings is 2. The summed E-state index contributed by atoms with van der Waals surface area (Å²) in [7, 11) is 0. The highest BCUT2D eigenvalue weighted by molar-refractivity contribution is 5.83. The highest BCUT2D eigenvalue weighted by Gasteiger charge is 2.10. The molecule has 0 atom stereocenters. The molecule has 3 heteroatoms. The van der Waals surface area contributed by atoms with E-state index in [4.69, 9.17) is 4.42 Å². The molecule has 19 heavy (non-hydrogen) atoms. The predicted octanol–water partition coefficient (Wildman–Crippen LogP) is 4.24. The van der Waals surface area contributed by atoms with E-state index in [0.717, 1.165) is 34.5 Å². The van der Waals surface area contributed by atoms with Gasteiger partial charge in [0.2, 0.25) is 5.89 Å². The first-order chi connectivity index (χ1) is 9.28. The summed E-state index contributed by atoms with van der Waals surface area (Å²) in [5.74, 6) is 0.673. The average Bonchev–Trinajstić information content (AvgIpc) is 2.85. The van der Waals surface area contributed by atoms with E-state index >= 15 is 0 Å². The van der Waals surface area contributed by atoms with Gasteiger partial charge >= 0.3 is 0 Å². The third kappa shape index (κ3) is 2.19. The van der Waals surface area contributed by atoms with Gasteiger partial charge in [-0.25, -0.2) is 4.98 Å². The lowest BCUT2D eigenvalue weighted by Crippen LogP contribution is -1.96. The van der Waals surface area contributed by atoms with Crippen LogP contribution < -0.4 is 5.32 Å². The van der Waals surface area contributed by atoms with Gasteiger partial charge in [-0.2, -0.15) is 0 Å². The van der Waals surface area contributed by atoms with Crippen molar-refractivity contribution in [1.29, 1.82) is 0 Å². The maximum atomic E-state index is 5.88. The van der Waals surface area contributed by atoms with Crippen LogP contribution in [0.2, 0.25) is 0 Å². The molecular formula is C16H16N2O. The molecule has 3 nitrogen and oxygen atoms in total. The van der Waals surface area contributed by atoms with Gasteiger partial charge in [-0.3, -0.25) is 0 Å². The van der Waals surface area contributed by atoms with Crippen LogP contribution in [0.5, 0.6) is 0 Å². The maximum absolute atomic E-state index is 5.88. The zero-order valence-electron chi connectivity index (χ0n) is 11.1. The number of nitrogens with zero attached hydrogens (tertiary/aromatic N) is 1. The standard InChI is InChI=1S/C16H16N2O/c1-3-17-13-9-11(2)15-14(10-13)18-16(19-15)12-7-5-4-6-8-12/h4-10,17H,3H2,1-2H3. The van der Waals surface area contributed by atoms with Crippen LogP contribution >= 0.6 is 0 Å². The first-order valence-electron chi connectivity index (χ1n) is 6.48. The molecule has 0 spiro atoms. The molecule has 2 aromatic carbocycles. The highest BCUT2D eigenvalue weighted by Crippen LogP contribution is 2.28. The van der Waals surface area contributed by atoms with E-state index in [0.29, 0.717) is 5.89 Å². The Hall–Kier alpha value is -2.29. The fourth-order valence-corrected chi connectivity index (χ4v) is 2.21. The lowest BCUT2D eigenvalue weighted by molar-refractivity contribution is 0.617. The second-order valence-corrected chi connectivity index (χ2v) is 4.56. The summed E-state index contributed by atoms with van der Waals surface area (Å²) in [6, 6.07) is 14.1. The van der Waals surface area contributed by atoms with Crippen molar-refractivity contribution in [3.8, 4) is 11.5 Å². The smallest absolute Gasteiger partial charge is 0.227 e. The number of fused-ring (bicyclic) bond motifs is 1. The van der Waals surface area contributed by atoms with E-state index < -0.39 is 0 Å². The Bertz CT molecular complexity index is 701. The maximum Gasteiger partial charge on any atom is 0.227 e. The van der Waals surface area contributed by atoms with Gasteiger partial charge in [-0.05, 0) is 43.7 Å². The third-order valence-corrected chi connectivity index (χ3v) is 3.08. The first kappa shape index (κ1) is 11.8. The lowest BCUT2D eigenvalue weighted by atomic mass is 10.2. The van der Waals surface area contributed by atoms with E-state index in [2.05, 4.69) is 23.3 Å². The lowest BCUT2D eigenvalue weighted by Gasteiger charge is -2.03. The van der Waals surface area contributed by atoms with Crippen molar-refractivity contribution < 1.29 is 4.42 Å². The highest BCUT2D eigenvalue weighted by atomic mass is 16.3. The Morgan fingerprint density at radius 3 is 2.68 bits per heavy atom. The molecule has 0 fully saturated rings. The van der Waals surface area contributed by atoms with Crippen LogP contribution in [0.1, 0.15) is 12.5 Å². The van der Waals surface area contributed by atoms with E-state index in [1.165, 1.54) is 0 Å². The number of anilines is 1. The van der Waals surface area contributed by atoms with Crippen molar-refractivity contribution in [3.63, 3.8) is 0 Å². The van der Waals surface area contributed by atoms with Gasteiger partial charge in [0.1, 0.15) is 5.52 Å². The predicted molar refractivity (Wildman–Crippen MR) is 78.3 cm³/mol. The molecule has 0 radical (unpaired) electrons. The molecule has 96 valence electrons. The van der Waals surface area contributed by atoms with Gasteiger partial charge in [0.15, 0.2) is 5.58 Å². The van der Waals surface area contributed by atoms with Crippen LogP contribution in [0.4, 0.5) is 5.69 Å². The molecule has 0 amide bonds. The summed E-state index contributed by atoms with van der Waals surface area (Å²) in [5, 5.41) is 3.31. The molecule has 0 bridgehead atoms. The van der Waals surface area contributed by atoms with Crippen molar-refractivity contribution in [3.05, 3.63) is 48.0 Å². The van der Waals surface area contributed by atoms with Crippen molar-refractivity contribution in [2.45, 2.75) is 13.8 Å². The van der Waals surface area contributed by atoms with Gasteiger partial charge in [-0.1, -0.05) is 18.2 Å². The summed E-state index contributed by atoms with van der Waals surface area (Å²) < 4.78 is 5.88. The van der Waals surface area contributed by atoms with Crippen molar-refractivity contribution in [2.24, 2.45) is 0 Å². The van der Waals surface area contributed by atoms with E-state index in [1.807, 2.05) is 43.3 Å². The topological polar surface area (TPSA) is 38.1 Å². The first-order valence-corrected chi connectivity index (χ1v) is 6.48. The molecule has 0 unspecified atom stereocenters. The Morgan fingerprint density at radius 2 is 1.95 bits per heavy atom. The summed E-state index contributed by atoms with van der Waals surface area (Å²) in [6.45, 7) is 5.02. The van der Waals surface area contributed by atoms with Gasteiger partial charge < -0.3 is 9.73 Å². The van der Waals surface area contributed by atoms with Gasteiger partial charge in [0, 0.05) is 17.8 Å². The Balaban J connectivity index is 2.13. The van der Waals surface area contributed by atoms with Crippen molar-refractivity contribution in [1.82, 2.24) is 4.98 Å². The SMILES string of the molecule is CCNc1cc(C)c2oc(-c3ccccc3)nc2c1. The Kier molecular flexibility index (Phi) is 2.95. The quantitative estimate of drug-likeness (QED) is 0.757. The molecule has 3 rings (SSSR count).